The molecule has 0 saturated heterocycles. The van der Waals surface area contributed by atoms with E-state index in [1.54, 1.807) is 12.4 Å². The summed E-state index contributed by atoms with van der Waals surface area (Å²) in [6, 6.07) is 51.7. The molecule has 0 spiro atoms. The molecule has 1 aliphatic rings. The first-order valence-electron chi connectivity index (χ1n) is 16.8. The maximum atomic E-state index is 4.51. The second-order valence-electron chi connectivity index (χ2n) is 13.7. The Morgan fingerprint density at radius 2 is 0.980 bits per heavy atom. The van der Waals surface area contributed by atoms with Gasteiger partial charge in [0, 0.05) is 17.2 Å². The Labute approximate surface area is 284 Å². The van der Waals surface area contributed by atoms with Crippen LogP contribution in [0.2, 0.25) is 0 Å². The predicted octanol–water partition coefficient (Wildman–Crippen LogP) is 11.8. The molecule has 9 aromatic rings. The zero-order valence-electron chi connectivity index (χ0n) is 27.3. The van der Waals surface area contributed by atoms with Gasteiger partial charge in [-0.05, 0) is 118 Å². The Morgan fingerprint density at radius 1 is 0.429 bits per heavy atom. The number of aromatic nitrogens is 3. The van der Waals surface area contributed by atoms with E-state index in [2.05, 4.69) is 169 Å². The molecule has 0 N–H and O–H groups in total. The van der Waals surface area contributed by atoms with Crippen LogP contribution in [0.1, 0.15) is 25.0 Å². The van der Waals surface area contributed by atoms with Crippen LogP contribution in [0.3, 0.4) is 0 Å². The van der Waals surface area contributed by atoms with Crippen LogP contribution in [0.15, 0.2) is 152 Å². The molecular weight excluding hydrogens is 595 g/mol. The van der Waals surface area contributed by atoms with E-state index in [1.165, 1.54) is 87.6 Å². The summed E-state index contributed by atoms with van der Waals surface area (Å²) in [4.78, 5) is 4.51. The SMILES string of the molecule is CC1(C)c2cc(-c3nccnn3)ccc2-c2cc3c(-c4ccc5ccccc5c4)c4ccccc4c(-c4ccc5ccccc5c4)c3cc21. The van der Waals surface area contributed by atoms with Crippen molar-refractivity contribution < 1.29 is 0 Å². The molecular formula is C46H31N3. The quantitative estimate of drug-likeness (QED) is 0.183. The van der Waals surface area contributed by atoms with E-state index >= 15 is 0 Å². The van der Waals surface area contributed by atoms with Crippen LogP contribution in [0.4, 0.5) is 0 Å². The molecule has 0 bridgehead atoms. The van der Waals surface area contributed by atoms with Crippen molar-refractivity contribution in [1.82, 2.24) is 15.2 Å². The van der Waals surface area contributed by atoms with Crippen molar-refractivity contribution in [3.05, 3.63) is 163 Å². The highest BCUT2D eigenvalue weighted by atomic mass is 15.1. The minimum atomic E-state index is -0.230. The summed E-state index contributed by atoms with van der Waals surface area (Å²) in [5.41, 5.74) is 10.9. The molecule has 0 fully saturated rings. The van der Waals surface area contributed by atoms with Gasteiger partial charge in [-0.3, -0.25) is 0 Å². The molecule has 1 aromatic heterocycles. The van der Waals surface area contributed by atoms with Gasteiger partial charge in [-0.2, -0.15) is 5.10 Å². The highest BCUT2D eigenvalue weighted by Crippen LogP contribution is 2.54. The number of nitrogens with zero attached hydrogens (tertiary/aromatic N) is 3. The molecule has 0 amide bonds. The lowest BCUT2D eigenvalue weighted by Crippen LogP contribution is -2.15. The Hall–Kier alpha value is -6.19. The van der Waals surface area contributed by atoms with Crippen molar-refractivity contribution in [3.8, 4) is 44.8 Å². The lowest BCUT2D eigenvalue weighted by Gasteiger charge is -2.24. The van der Waals surface area contributed by atoms with Crippen molar-refractivity contribution in [2.45, 2.75) is 19.3 Å². The minimum absolute atomic E-state index is 0.230. The third-order valence-electron chi connectivity index (χ3n) is 10.6. The van der Waals surface area contributed by atoms with E-state index in [0.717, 1.165) is 5.56 Å². The summed E-state index contributed by atoms with van der Waals surface area (Å²) in [5, 5.41) is 18.5. The number of fused-ring (bicyclic) bond motifs is 7. The Morgan fingerprint density at radius 3 is 1.59 bits per heavy atom. The van der Waals surface area contributed by atoms with E-state index in [0.29, 0.717) is 5.82 Å². The van der Waals surface area contributed by atoms with Gasteiger partial charge in [0.2, 0.25) is 0 Å². The van der Waals surface area contributed by atoms with Gasteiger partial charge in [-0.25, -0.2) is 4.98 Å². The van der Waals surface area contributed by atoms with E-state index in [-0.39, 0.29) is 5.41 Å². The average Bonchev–Trinajstić information content (AvgIpc) is 3.37. The standard InChI is InChI=1S/C46H31N3/c1-46(2)41-25-34(45-47-21-22-48-49-45)19-20-35(41)38-26-39-40(27-42(38)46)44(33-18-16-29-10-4-6-12-31(29)24-33)37-14-8-7-13-36(37)43(39)32-17-15-28-9-3-5-11-30(28)23-32/h3-27H,1-2H3. The zero-order chi connectivity index (χ0) is 32.7. The molecule has 1 heterocycles. The molecule has 8 aromatic carbocycles. The van der Waals surface area contributed by atoms with Gasteiger partial charge in [0.05, 0.1) is 6.20 Å². The van der Waals surface area contributed by atoms with Crippen LogP contribution in [0.25, 0.3) is 87.9 Å². The molecule has 0 unspecified atom stereocenters. The summed E-state index contributed by atoms with van der Waals surface area (Å²) >= 11 is 0. The molecule has 0 aliphatic heterocycles. The second kappa shape index (κ2) is 10.4. The molecule has 3 nitrogen and oxygen atoms in total. The largest absolute Gasteiger partial charge is 0.233 e. The van der Waals surface area contributed by atoms with E-state index in [4.69, 9.17) is 0 Å². The molecule has 3 heteroatoms. The molecule has 1 aliphatic carbocycles. The van der Waals surface area contributed by atoms with Crippen LogP contribution < -0.4 is 0 Å². The zero-order valence-corrected chi connectivity index (χ0v) is 27.3. The van der Waals surface area contributed by atoms with Gasteiger partial charge < -0.3 is 0 Å². The van der Waals surface area contributed by atoms with Crippen LogP contribution >= 0.6 is 0 Å². The number of hydrogen-bond donors (Lipinski definition) is 0. The van der Waals surface area contributed by atoms with Crippen molar-refractivity contribution in [2.75, 3.05) is 0 Å². The number of rotatable bonds is 3. The van der Waals surface area contributed by atoms with Crippen molar-refractivity contribution in [2.24, 2.45) is 0 Å². The van der Waals surface area contributed by atoms with E-state index in [9.17, 15) is 0 Å². The predicted molar refractivity (Wildman–Crippen MR) is 204 cm³/mol. The van der Waals surface area contributed by atoms with Crippen LogP contribution in [0.5, 0.6) is 0 Å². The Kier molecular flexibility index (Phi) is 5.92. The number of benzene rings is 8. The lowest BCUT2D eigenvalue weighted by atomic mass is 9.79. The number of hydrogen-bond acceptors (Lipinski definition) is 3. The fourth-order valence-corrected chi connectivity index (χ4v) is 8.23. The van der Waals surface area contributed by atoms with Crippen molar-refractivity contribution in [1.29, 1.82) is 0 Å². The first kappa shape index (κ1) is 27.9. The molecule has 230 valence electrons. The first-order chi connectivity index (χ1) is 24.0. The van der Waals surface area contributed by atoms with Gasteiger partial charge in [0.1, 0.15) is 0 Å². The summed E-state index contributed by atoms with van der Waals surface area (Å²) in [5.74, 6) is 0.644. The van der Waals surface area contributed by atoms with E-state index in [1.807, 2.05) is 0 Å². The minimum Gasteiger partial charge on any atom is -0.233 e. The fraction of sp³-hybridized carbons (Fsp3) is 0.0652. The third-order valence-corrected chi connectivity index (χ3v) is 10.6. The fourth-order valence-electron chi connectivity index (χ4n) is 8.23. The van der Waals surface area contributed by atoms with E-state index < -0.39 is 0 Å². The highest BCUT2D eigenvalue weighted by molar-refractivity contribution is 6.23. The Balaban J connectivity index is 1.33. The maximum Gasteiger partial charge on any atom is 0.181 e. The van der Waals surface area contributed by atoms with Gasteiger partial charge in [-0.1, -0.05) is 123 Å². The first-order valence-corrected chi connectivity index (χ1v) is 16.8. The smallest absolute Gasteiger partial charge is 0.181 e. The molecule has 0 saturated carbocycles. The topological polar surface area (TPSA) is 38.7 Å². The normalized spacial score (nSPS) is 13.3. The lowest BCUT2D eigenvalue weighted by molar-refractivity contribution is 0.661. The highest BCUT2D eigenvalue weighted by Gasteiger charge is 2.37. The van der Waals surface area contributed by atoms with Crippen LogP contribution in [0, 0.1) is 0 Å². The molecule has 49 heavy (non-hydrogen) atoms. The van der Waals surface area contributed by atoms with Crippen LogP contribution in [-0.2, 0) is 5.41 Å². The maximum absolute atomic E-state index is 4.51. The Bertz CT molecular complexity index is 2800. The van der Waals surface area contributed by atoms with Gasteiger partial charge in [0.15, 0.2) is 5.82 Å². The van der Waals surface area contributed by atoms with Crippen molar-refractivity contribution >= 4 is 43.1 Å². The van der Waals surface area contributed by atoms with Gasteiger partial charge in [-0.15, -0.1) is 5.10 Å². The van der Waals surface area contributed by atoms with Crippen LogP contribution in [-0.4, -0.2) is 15.2 Å². The summed E-state index contributed by atoms with van der Waals surface area (Å²) in [6.45, 7) is 4.69. The average molecular weight is 626 g/mol. The third kappa shape index (κ3) is 4.19. The molecule has 0 radical (unpaired) electrons. The molecule has 0 atom stereocenters. The summed E-state index contributed by atoms with van der Waals surface area (Å²) in [6.07, 6.45) is 3.32. The summed E-state index contributed by atoms with van der Waals surface area (Å²) < 4.78 is 0. The van der Waals surface area contributed by atoms with Gasteiger partial charge in [0.25, 0.3) is 0 Å². The molecule has 10 rings (SSSR count). The van der Waals surface area contributed by atoms with Crippen molar-refractivity contribution in [3.63, 3.8) is 0 Å². The summed E-state index contributed by atoms with van der Waals surface area (Å²) in [7, 11) is 0. The monoisotopic (exact) mass is 625 g/mol. The second-order valence-corrected chi connectivity index (χ2v) is 13.7. The van der Waals surface area contributed by atoms with Gasteiger partial charge >= 0.3 is 0 Å².